The summed E-state index contributed by atoms with van der Waals surface area (Å²) in [7, 11) is 0. The van der Waals surface area contributed by atoms with E-state index < -0.39 is 5.97 Å². The molecule has 0 amide bonds. The number of carboxylic acids is 1. The second-order valence-corrected chi connectivity index (χ2v) is 6.82. The number of thiazole rings is 2. The lowest BCUT2D eigenvalue weighted by molar-refractivity contribution is 0.0691. The summed E-state index contributed by atoms with van der Waals surface area (Å²) in [5.74, 6) is -0.00904. The molecule has 2 aromatic rings. The molecule has 126 valence electrons. The van der Waals surface area contributed by atoms with Crippen molar-refractivity contribution < 1.29 is 9.90 Å². The number of nitrogens with two attached hydrogens (primary N) is 2. The van der Waals surface area contributed by atoms with Gasteiger partial charge in [-0.25, -0.2) is 14.8 Å². The Labute approximate surface area is 146 Å². The zero-order valence-corrected chi connectivity index (χ0v) is 14.4. The van der Waals surface area contributed by atoms with E-state index in [0.29, 0.717) is 34.9 Å². The Hall–Kier alpha value is -2.59. The van der Waals surface area contributed by atoms with Gasteiger partial charge in [-0.15, -0.1) is 22.7 Å². The molecule has 1 aliphatic heterocycles. The van der Waals surface area contributed by atoms with Crippen LogP contribution in [0.1, 0.15) is 23.8 Å². The van der Waals surface area contributed by atoms with Crippen molar-refractivity contribution in [2.45, 2.75) is 13.3 Å². The molecule has 0 aliphatic carbocycles. The lowest BCUT2D eigenvalue weighted by atomic mass is 10.1. The number of aromatic nitrogens is 2. The van der Waals surface area contributed by atoms with E-state index in [1.807, 2.05) is 17.2 Å². The first-order valence-electron chi connectivity index (χ1n) is 7.05. The van der Waals surface area contributed by atoms with E-state index in [9.17, 15) is 4.79 Å². The summed E-state index contributed by atoms with van der Waals surface area (Å²) >= 11 is 2.71. The van der Waals surface area contributed by atoms with Crippen LogP contribution in [0.15, 0.2) is 39.7 Å². The number of rotatable bonds is 5. The molecule has 0 fully saturated rings. The fourth-order valence-electron chi connectivity index (χ4n) is 2.36. The van der Waals surface area contributed by atoms with Gasteiger partial charge in [0.25, 0.3) is 0 Å². The lowest BCUT2D eigenvalue weighted by Crippen LogP contribution is -2.24. The predicted octanol–water partition coefficient (Wildman–Crippen LogP) is 1.98. The van der Waals surface area contributed by atoms with Gasteiger partial charge in [0.15, 0.2) is 16.0 Å². The predicted molar refractivity (Wildman–Crippen MR) is 94.9 cm³/mol. The standard InChI is InChI=1S/C14H16N6O2S2/c1-7(10(15)19-13-17-3-5-23-13)8-2-4-20(11(8)16)14-18-9(6-24-14)12(21)22/h3,5-6H,2,4,15-16H2,1H3,(H,17,19)(H,21,22)/b10-7+. The molecule has 0 radical (unpaired) electrons. The highest BCUT2D eigenvalue weighted by atomic mass is 32.1. The first-order chi connectivity index (χ1) is 11.5. The van der Waals surface area contributed by atoms with Crippen LogP contribution in [0.5, 0.6) is 0 Å². The molecule has 0 saturated heterocycles. The molecule has 2 aromatic heterocycles. The quantitative estimate of drug-likeness (QED) is 0.633. The highest BCUT2D eigenvalue weighted by Gasteiger charge is 2.26. The van der Waals surface area contributed by atoms with Crippen LogP contribution in [0.2, 0.25) is 0 Å². The number of nitrogens with zero attached hydrogens (tertiary/aromatic N) is 3. The van der Waals surface area contributed by atoms with Crippen LogP contribution >= 0.6 is 22.7 Å². The number of allylic oxidation sites excluding steroid dienone is 1. The molecule has 24 heavy (non-hydrogen) atoms. The van der Waals surface area contributed by atoms with Crippen LogP contribution in [-0.4, -0.2) is 27.6 Å². The Morgan fingerprint density at radius 2 is 2.25 bits per heavy atom. The van der Waals surface area contributed by atoms with E-state index in [-0.39, 0.29) is 5.69 Å². The second kappa shape index (κ2) is 6.49. The van der Waals surface area contributed by atoms with Crippen molar-refractivity contribution in [1.29, 1.82) is 0 Å². The molecule has 6 N–H and O–H groups in total. The maximum absolute atomic E-state index is 11.0. The van der Waals surface area contributed by atoms with Crippen molar-refractivity contribution in [3.63, 3.8) is 0 Å². The van der Waals surface area contributed by atoms with Crippen LogP contribution in [0, 0.1) is 0 Å². The van der Waals surface area contributed by atoms with Gasteiger partial charge in [-0.05, 0) is 18.9 Å². The van der Waals surface area contributed by atoms with Crippen LogP contribution in [-0.2, 0) is 0 Å². The van der Waals surface area contributed by atoms with Gasteiger partial charge < -0.3 is 26.8 Å². The Balaban J connectivity index is 1.85. The number of nitrogens with one attached hydrogen (secondary N) is 1. The third kappa shape index (κ3) is 3.05. The second-order valence-electron chi connectivity index (χ2n) is 5.09. The minimum Gasteiger partial charge on any atom is -0.476 e. The van der Waals surface area contributed by atoms with Gasteiger partial charge in [-0.2, -0.15) is 0 Å². The molecule has 8 nitrogen and oxygen atoms in total. The fourth-order valence-corrected chi connectivity index (χ4v) is 3.74. The lowest BCUT2D eigenvalue weighted by Gasteiger charge is -2.16. The molecule has 10 heteroatoms. The molecule has 0 saturated carbocycles. The number of hydrogen-bond acceptors (Lipinski definition) is 9. The van der Waals surface area contributed by atoms with Crippen molar-refractivity contribution in [1.82, 2.24) is 9.97 Å². The fraction of sp³-hybridized carbons (Fsp3) is 0.214. The SMILES string of the molecule is C/C(C1=C(N)N(c2nc(C(=O)O)cs2)CC1)=C(/N)Nc1nccs1. The number of aromatic carboxylic acids is 1. The van der Waals surface area contributed by atoms with Gasteiger partial charge in [0.1, 0.15) is 11.6 Å². The summed E-state index contributed by atoms with van der Waals surface area (Å²) in [6.45, 7) is 2.53. The number of hydrogen-bond donors (Lipinski definition) is 4. The Kier molecular flexibility index (Phi) is 4.40. The maximum Gasteiger partial charge on any atom is 0.355 e. The first kappa shape index (κ1) is 16.3. The van der Waals surface area contributed by atoms with Gasteiger partial charge in [-0.3, -0.25) is 0 Å². The zero-order valence-electron chi connectivity index (χ0n) is 12.8. The van der Waals surface area contributed by atoms with Gasteiger partial charge in [0, 0.05) is 29.1 Å². The van der Waals surface area contributed by atoms with E-state index in [1.54, 1.807) is 6.20 Å². The summed E-state index contributed by atoms with van der Waals surface area (Å²) in [6, 6.07) is 0. The van der Waals surface area contributed by atoms with E-state index in [2.05, 4.69) is 15.3 Å². The Bertz CT molecular complexity index is 824. The summed E-state index contributed by atoms with van der Waals surface area (Å²) in [4.78, 5) is 21.0. The zero-order chi connectivity index (χ0) is 17.3. The highest BCUT2D eigenvalue weighted by Crippen LogP contribution is 2.32. The molecular weight excluding hydrogens is 348 g/mol. The molecule has 0 spiro atoms. The van der Waals surface area contributed by atoms with Crippen molar-refractivity contribution in [3.8, 4) is 0 Å². The highest BCUT2D eigenvalue weighted by molar-refractivity contribution is 7.14. The molecule has 3 heterocycles. The van der Waals surface area contributed by atoms with Crippen LogP contribution in [0.25, 0.3) is 0 Å². The molecular formula is C14H16N6O2S2. The number of carboxylic acid groups (broad SMARTS) is 1. The summed E-state index contributed by atoms with van der Waals surface area (Å²) < 4.78 is 0. The van der Waals surface area contributed by atoms with Gasteiger partial charge in [0.2, 0.25) is 0 Å². The molecule has 0 aromatic carbocycles. The van der Waals surface area contributed by atoms with Crippen molar-refractivity contribution >= 4 is 38.9 Å². The first-order valence-corrected chi connectivity index (χ1v) is 8.81. The maximum atomic E-state index is 11.0. The number of anilines is 2. The average Bonchev–Trinajstić information content (AvgIpc) is 3.26. The molecule has 0 bridgehead atoms. The van der Waals surface area contributed by atoms with E-state index in [4.69, 9.17) is 16.6 Å². The van der Waals surface area contributed by atoms with Gasteiger partial charge >= 0.3 is 5.97 Å². The van der Waals surface area contributed by atoms with Gasteiger partial charge in [0.05, 0.1) is 0 Å². The third-order valence-corrected chi connectivity index (χ3v) is 5.21. The van der Waals surface area contributed by atoms with Crippen molar-refractivity contribution in [2.24, 2.45) is 11.5 Å². The van der Waals surface area contributed by atoms with E-state index >= 15 is 0 Å². The van der Waals surface area contributed by atoms with E-state index in [1.165, 1.54) is 28.1 Å². The normalized spacial score (nSPS) is 15.6. The molecule has 0 atom stereocenters. The Morgan fingerprint density at radius 3 is 2.88 bits per heavy atom. The Morgan fingerprint density at radius 1 is 1.46 bits per heavy atom. The van der Waals surface area contributed by atoms with Crippen LogP contribution in [0.3, 0.4) is 0 Å². The molecule has 1 aliphatic rings. The van der Waals surface area contributed by atoms with Crippen LogP contribution in [0.4, 0.5) is 10.3 Å². The minimum atomic E-state index is -1.05. The number of carbonyl (C=O) groups is 1. The monoisotopic (exact) mass is 364 g/mol. The smallest absolute Gasteiger partial charge is 0.355 e. The largest absolute Gasteiger partial charge is 0.476 e. The van der Waals surface area contributed by atoms with Crippen LogP contribution < -0.4 is 21.7 Å². The molecule has 3 rings (SSSR count). The summed E-state index contributed by atoms with van der Waals surface area (Å²) in [5, 5.41) is 16.7. The topological polar surface area (TPSA) is 130 Å². The summed E-state index contributed by atoms with van der Waals surface area (Å²) in [6.07, 6.45) is 2.41. The van der Waals surface area contributed by atoms with Gasteiger partial charge in [-0.1, -0.05) is 0 Å². The third-order valence-electron chi connectivity index (χ3n) is 3.66. The average molecular weight is 364 g/mol. The van der Waals surface area contributed by atoms with E-state index in [0.717, 1.165) is 11.1 Å². The van der Waals surface area contributed by atoms with Crippen molar-refractivity contribution in [3.05, 3.63) is 45.4 Å². The minimum absolute atomic E-state index is 0.0217. The van der Waals surface area contributed by atoms with Crippen molar-refractivity contribution in [2.75, 3.05) is 16.8 Å². The summed E-state index contributed by atoms with van der Waals surface area (Å²) in [5.41, 5.74) is 14.2. The molecule has 0 unspecified atom stereocenters.